The minimum atomic E-state index is 0.0390. The van der Waals surface area contributed by atoms with E-state index in [4.69, 9.17) is 5.10 Å². The molecule has 0 aliphatic carbocycles. The number of rotatable bonds is 3. The van der Waals surface area contributed by atoms with Gasteiger partial charge in [-0.1, -0.05) is 6.92 Å². The number of nitrogens with one attached hydrogen (secondary N) is 2. The van der Waals surface area contributed by atoms with E-state index in [1.165, 1.54) is 11.4 Å². The molecule has 7 nitrogen and oxygen atoms in total. The Bertz CT molecular complexity index is 1050. The minimum Gasteiger partial charge on any atom is -0.343 e. The van der Waals surface area contributed by atoms with Crippen LogP contribution in [0.25, 0.3) is 22.3 Å². The van der Waals surface area contributed by atoms with Crippen molar-refractivity contribution in [2.45, 2.75) is 45.1 Å². The van der Waals surface area contributed by atoms with Crippen molar-refractivity contribution in [2.75, 3.05) is 19.6 Å². The standard InChI is InChI=1S/C21H26N6O/c1-3-16-10-14-9-15(12-23-19(14)24-16)17-11-18-21(6-8-27(18)25-17)5-7-26(13-21)20(28)22-4-2/h9-12H,3-8,13H2,1-2H3,(H,22,28)(H,23,24)/t21-/m0/s1. The number of amides is 2. The molecule has 0 radical (unpaired) electrons. The number of fused-ring (bicyclic) bond motifs is 3. The highest BCUT2D eigenvalue weighted by Crippen LogP contribution is 2.43. The van der Waals surface area contributed by atoms with Gasteiger partial charge in [-0.05, 0) is 44.4 Å². The largest absolute Gasteiger partial charge is 0.343 e. The minimum absolute atomic E-state index is 0.0390. The molecule has 0 unspecified atom stereocenters. The number of carbonyl (C=O) groups excluding carboxylic acids is 1. The molecule has 0 bridgehead atoms. The molecule has 1 saturated heterocycles. The molecule has 28 heavy (non-hydrogen) atoms. The van der Waals surface area contributed by atoms with E-state index in [9.17, 15) is 4.79 Å². The summed E-state index contributed by atoms with van der Waals surface area (Å²) < 4.78 is 2.13. The van der Waals surface area contributed by atoms with Gasteiger partial charge in [-0.25, -0.2) is 9.78 Å². The van der Waals surface area contributed by atoms with Gasteiger partial charge < -0.3 is 15.2 Å². The van der Waals surface area contributed by atoms with Crippen LogP contribution in [-0.2, 0) is 18.4 Å². The van der Waals surface area contributed by atoms with Crippen LogP contribution in [0.2, 0.25) is 0 Å². The summed E-state index contributed by atoms with van der Waals surface area (Å²) in [5.74, 6) is 0. The molecule has 0 aromatic carbocycles. The Hall–Kier alpha value is -2.83. The Morgan fingerprint density at radius 3 is 2.93 bits per heavy atom. The molecule has 2 N–H and O–H groups in total. The number of H-pyrrole nitrogens is 1. The Balaban J connectivity index is 1.45. The van der Waals surface area contributed by atoms with Crippen LogP contribution in [0.5, 0.6) is 0 Å². The zero-order valence-electron chi connectivity index (χ0n) is 16.5. The van der Waals surface area contributed by atoms with E-state index in [1.807, 2.05) is 18.0 Å². The molecule has 146 valence electrons. The maximum Gasteiger partial charge on any atom is 0.317 e. The lowest BCUT2D eigenvalue weighted by Gasteiger charge is -2.23. The molecular weight excluding hydrogens is 352 g/mol. The van der Waals surface area contributed by atoms with Gasteiger partial charge in [0.25, 0.3) is 0 Å². The molecule has 2 amide bonds. The van der Waals surface area contributed by atoms with E-state index in [-0.39, 0.29) is 11.4 Å². The summed E-state index contributed by atoms with van der Waals surface area (Å²) >= 11 is 0. The van der Waals surface area contributed by atoms with Crippen molar-refractivity contribution in [1.29, 1.82) is 0 Å². The lowest BCUT2D eigenvalue weighted by molar-refractivity contribution is 0.206. The number of urea groups is 1. The molecule has 0 saturated carbocycles. The van der Waals surface area contributed by atoms with Gasteiger partial charge in [0.1, 0.15) is 5.65 Å². The second-order valence-electron chi connectivity index (χ2n) is 7.99. The van der Waals surface area contributed by atoms with Gasteiger partial charge in [0.2, 0.25) is 0 Å². The topological polar surface area (TPSA) is 78.8 Å². The maximum absolute atomic E-state index is 12.3. The molecule has 2 aliphatic rings. The smallest absolute Gasteiger partial charge is 0.317 e. The van der Waals surface area contributed by atoms with Crippen molar-refractivity contribution in [3.63, 3.8) is 0 Å². The fourth-order valence-electron chi connectivity index (χ4n) is 4.73. The monoisotopic (exact) mass is 378 g/mol. The Morgan fingerprint density at radius 2 is 2.11 bits per heavy atom. The zero-order chi connectivity index (χ0) is 19.3. The van der Waals surface area contributed by atoms with Crippen molar-refractivity contribution in [3.05, 3.63) is 35.8 Å². The summed E-state index contributed by atoms with van der Waals surface area (Å²) in [5, 5.41) is 8.92. The van der Waals surface area contributed by atoms with Gasteiger partial charge in [0.15, 0.2) is 0 Å². The number of aromatic amines is 1. The second kappa shape index (κ2) is 6.36. The highest BCUT2D eigenvalue weighted by molar-refractivity contribution is 5.81. The van der Waals surface area contributed by atoms with E-state index in [1.54, 1.807) is 0 Å². The molecule has 7 heteroatoms. The van der Waals surface area contributed by atoms with Gasteiger partial charge in [0.05, 0.1) is 5.69 Å². The highest BCUT2D eigenvalue weighted by atomic mass is 16.2. The molecule has 3 aromatic heterocycles. The number of carbonyl (C=O) groups is 1. The van der Waals surface area contributed by atoms with E-state index >= 15 is 0 Å². The predicted molar refractivity (Wildman–Crippen MR) is 108 cm³/mol. The quantitative estimate of drug-likeness (QED) is 0.735. The first-order valence-corrected chi connectivity index (χ1v) is 10.2. The fraction of sp³-hybridized carbons (Fsp3) is 0.476. The van der Waals surface area contributed by atoms with Gasteiger partial charge in [0, 0.05) is 60.1 Å². The molecule has 1 fully saturated rings. The summed E-state index contributed by atoms with van der Waals surface area (Å²) in [7, 11) is 0. The first kappa shape index (κ1) is 17.3. The molecule has 5 heterocycles. The van der Waals surface area contributed by atoms with E-state index in [0.29, 0.717) is 6.54 Å². The summed E-state index contributed by atoms with van der Waals surface area (Å²) in [6, 6.07) is 6.59. The van der Waals surface area contributed by atoms with Crippen LogP contribution >= 0.6 is 0 Å². The van der Waals surface area contributed by atoms with Crippen LogP contribution in [0, 0.1) is 0 Å². The summed E-state index contributed by atoms with van der Waals surface area (Å²) in [5.41, 5.74) is 5.44. The molecule has 3 aromatic rings. The van der Waals surface area contributed by atoms with E-state index in [2.05, 4.69) is 45.1 Å². The summed E-state index contributed by atoms with van der Waals surface area (Å²) in [4.78, 5) is 22.1. The van der Waals surface area contributed by atoms with Crippen LogP contribution in [0.4, 0.5) is 4.79 Å². The highest BCUT2D eigenvalue weighted by Gasteiger charge is 2.46. The van der Waals surface area contributed by atoms with Crippen LogP contribution in [-0.4, -0.2) is 50.3 Å². The number of aromatic nitrogens is 4. The van der Waals surface area contributed by atoms with Crippen molar-refractivity contribution < 1.29 is 4.79 Å². The van der Waals surface area contributed by atoms with Gasteiger partial charge in [-0.15, -0.1) is 0 Å². The number of hydrogen-bond acceptors (Lipinski definition) is 3. The molecule has 1 atom stereocenters. The molecular formula is C21H26N6O. The Labute approximate surface area is 164 Å². The third-order valence-electron chi connectivity index (χ3n) is 6.30. The zero-order valence-corrected chi connectivity index (χ0v) is 16.5. The predicted octanol–water partition coefficient (Wildman–Crippen LogP) is 3.07. The number of aryl methyl sites for hydroxylation is 2. The Kier molecular flexibility index (Phi) is 3.92. The van der Waals surface area contributed by atoms with Crippen molar-refractivity contribution in [1.82, 2.24) is 30.0 Å². The summed E-state index contributed by atoms with van der Waals surface area (Å²) in [6.45, 7) is 7.26. The fourth-order valence-corrected chi connectivity index (χ4v) is 4.73. The van der Waals surface area contributed by atoms with Crippen LogP contribution in [0.3, 0.4) is 0 Å². The number of pyridine rings is 1. The lowest BCUT2D eigenvalue weighted by atomic mass is 9.82. The SMILES string of the molecule is CCNC(=O)N1CC[C@]2(CCn3nc(-c4cnc5[nH]c(CC)cc5c4)cc32)C1. The number of nitrogens with zero attached hydrogens (tertiary/aromatic N) is 4. The second-order valence-corrected chi connectivity index (χ2v) is 7.99. The molecule has 2 aliphatic heterocycles. The third-order valence-corrected chi connectivity index (χ3v) is 6.30. The lowest BCUT2D eigenvalue weighted by Crippen LogP contribution is -2.40. The van der Waals surface area contributed by atoms with Crippen LogP contribution in [0.15, 0.2) is 24.4 Å². The number of likely N-dealkylation sites (tertiary alicyclic amines) is 1. The maximum atomic E-state index is 12.3. The first-order valence-electron chi connectivity index (χ1n) is 10.2. The van der Waals surface area contributed by atoms with Gasteiger partial charge >= 0.3 is 6.03 Å². The molecule has 1 spiro atoms. The van der Waals surface area contributed by atoms with Crippen molar-refractivity contribution in [3.8, 4) is 11.3 Å². The normalized spacial score (nSPS) is 21.0. The average Bonchev–Trinajstić information content (AvgIpc) is 3.46. The van der Waals surface area contributed by atoms with Crippen molar-refractivity contribution >= 4 is 17.1 Å². The van der Waals surface area contributed by atoms with E-state index in [0.717, 1.165) is 61.2 Å². The third kappa shape index (κ3) is 2.60. The molecule has 5 rings (SSSR count). The number of hydrogen-bond donors (Lipinski definition) is 2. The van der Waals surface area contributed by atoms with E-state index < -0.39 is 0 Å². The Morgan fingerprint density at radius 1 is 1.25 bits per heavy atom. The average molecular weight is 378 g/mol. The van der Waals surface area contributed by atoms with Crippen LogP contribution < -0.4 is 5.32 Å². The summed E-state index contributed by atoms with van der Waals surface area (Å²) in [6.07, 6.45) is 4.93. The van der Waals surface area contributed by atoms with Crippen LogP contribution in [0.1, 0.15) is 38.1 Å². The van der Waals surface area contributed by atoms with Gasteiger partial charge in [-0.2, -0.15) is 5.10 Å². The van der Waals surface area contributed by atoms with Gasteiger partial charge in [-0.3, -0.25) is 4.68 Å². The van der Waals surface area contributed by atoms with Crippen molar-refractivity contribution in [2.24, 2.45) is 0 Å². The first-order chi connectivity index (χ1) is 13.6.